The number of alkyl halides is 1. The zero-order valence-corrected chi connectivity index (χ0v) is 14.7. The van der Waals surface area contributed by atoms with Crippen LogP contribution in [0.3, 0.4) is 0 Å². The van der Waals surface area contributed by atoms with Gasteiger partial charge < -0.3 is 4.74 Å². The first-order valence-electron chi connectivity index (χ1n) is 4.95. The predicted molar refractivity (Wildman–Crippen MR) is 85.4 cm³/mol. The number of benzene rings is 1. The summed E-state index contributed by atoms with van der Waals surface area (Å²) in [6.45, 7) is 0. The van der Waals surface area contributed by atoms with Crippen molar-refractivity contribution in [3.8, 4) is 5.75 Å². The molecular formula is C12H8Br2Cl2OS. The van der Waals surface area contributed by atoms with Gasteiger partial charge in [-0.05, 0) is 34.1 Å². The van der Waals surface area contributed by atoms with Crippen molar-refractivity contribution in [2.75, 3.05) is 7.11 Å². The van der Waals surface area contributed by atoms with Crippen LogP contribution in [0.15, 0.2) is 33.2 Å². The third kappa shape index (κ3) is 3.05. The van der Waals surface area contributed by atoms with Crippen LogP contribution in [0.1, 0.15) is 15.8 Å². The molecule has 1 atom stereocenters. The maximum Gasteiger partial charge on any atom is 0.125 e. The molecule has 0 fully saturated rings. The molecule has 1 unspecified atom stereocenters. The standard InChI is InChI=1S/C12H8Br2Cl2OS/c1-17-9-4-6(13)2-3-7(9)11(15)10-5-8(14)12(16)18-10/h2-5,11H,1H3. The van der Waals surface area contributed by atoms with Gasteiger partial charge in [0.25, 0.3) is 0 Å². The van der Waals surface area contributed by atoms with Crippen LogP contribution in [0.5, 0.6) is 5.75 Å². The maximum absolute atomic E-state index is 6.49. The summed E-state index contributed by atoms with van der Waals surface area (Å²) in [5.41, 5.74) is 0.924. The fraction of sp³-hybridized carbons (Fsp3) is 0.167. The molecule has 0 aliphatic carbocycles. The first-order valence-corrected chi connectivity index (χ1v) is 8.17. The second kappa shape index (κ2) is 6.14. The number of ether oxygens (including phenoxy) is 1. The number of halogens is 4. The minimum absolute atomic E-state index is 0.276. The molecule has 2 rings (SSSR count). The molecule has 1 heterocycles. The molecule has 0 aliphatic rings. The van der Waals surface area contributed by atoms with Crippen molar-refractivity contribution in [1.82, 2.24) is 0 Å². The monoisotopic (exact) mass is 428 g/mol. The molecule has 0 bridgehead atoms. The average Bonchev–Trinajstić information content (AvgIpc) is 2.68. The summed E-state index contributed by atoms with van der Waals surface area (Å²) < 4.78 is 7.87. The predicted octanol–water partition coefficient (Wildman–Crippen LogP) is 6.26. The van der Waals surface area contributed by atoms with Crippen LogP contribution < -0.4 is 4.74 Å². The van der Waals surface area contributed by atoms with Crippen molar-refractivity contribution in [2.24, 2.45) is 0 Å². The third-order valence-electron chi connectivity index (χ3n) is 2.38. The van der Waals surface area contributed by atoms with Crippen molar-refractivity contribution < 1.29 is 4.74 Å². The number of methoxy groups -OCH3 is 1. The molecule has 6 heteroatoms. The molecular weight excluding hydrogens is 423 g/mol. The second-order valence-electron chi connectivity index (χ2n) is 3.52. The molecule has 96 valence electrons. The van der Waals surface area contributed by atoms with Gasteiger partial charge in [-0.25, -0.2) is 0 Å². The zero-order valence-electron chi connectivity index (χ0n) is 9.22. The summed E-state index contributed by atoms with van der Waals surface area (Å²) in [6.07, 6.45) is 0. The van der Waals surface area contributed by atoms with Crippen molar-refractivity contribution in [3.05, 3.63) is 48.0 Å². The van der Waals surface area contributed by atoms with E-state index in [-0.39, 0.29) is 5.38 Å². The zero-order chi connectivity index (χ0) is 13.3. The van der Waals surface area contributed by atoms with Gasteiger partial charge >= 0.3 is 0 Å². The van der Waals surface area contributed by atoms with Crippen LogP contribution in [0, 0.1) is 0 Å². The number of thiophene rings is 1. The summed E-state index contributed by atoms with van der Waals surface area (Å²) >= 11 is 20.8. The van der Waals surface area contributed by atoms with E-state index in [1.807, 2.05) is 24.3 Å². The van der Waals surface area contributed by atoms with Crippen LogP contribution >= 0.6 is 66.4 Å². The fourth-order valence-corrected chi connectivity index (χ4v) is 3.99. The van der Waals surface area contributed by atoms with E-state index in [0.29, 0.717) is 4.34 Å². The van der Waals surface area contributed by atoms with Crippen LogP contribution in [-0.4, -0.2) is 7.11 Å². The number of rotatable bonds is 3. The normalized spacial score (nSPS) is 12.5. The van der Waals surface area contributed by atoms with Crippen LogP contribution in [-0.2, 0) is 0 Å². The molecule has 0 saturated carbocycles. The summed E-state index contributed by atoms with van der Waals surface area (Å²) in [6, 6.07) is 7.72. The SMILES string of the molecule is COc1cc(Br)ccc1C(Cl)c1cc(Br)c(Cl)s1. The fourth-order valence-electron chi connectivity index (χ4n) is 1.54. The molecule has 1 aromatic heterocycles. The lowest BCUT2D eigenvalue weighted by atomic mass is 10.1. The van der Waals surface area contributed by atoms with E-state index in [9.17, 15) is 0 Å². The van der Waals surface area contributed by atoms with E-state index in [2.05, 4.69) is 31.9 Å². The number of hydrogen-bond acceptors (Lipinski definition) is 2. The van der Waals surface area contributed by atoms with E-state index in [1.54, 1.807) is 7.11 Å². The highest BCUT2D eigenvalue weighted by Gasteiger charge is 2.19. The van der Waals surface area contributed by atoms with Gasteiger partial charge in [0.1, 0.15) is 10.1 Å². The highest BCUT2D eigenvalue weighted by molar-refractivity contribution is 9.10. The van der Waals surface area contributed by atoms with Crippen molar-refractivity contribution in [1.29, 1.82) is 0 Å². The van der Waals surface area contributed by atoms with Gasteiger partial charge in [-0.2, -0.15) is 0 Å². The van der Waals surface area contributed by atoms with Gasteiger partial charge in [-0.3, -0.25) is 0 Å². The Hall–Kier alpha value is 0.260. The Balaban J connectivity index is 2.42. The lowest BCUT2D eigenvalue weighted by Gasteiger charge is -2.13. The molecule has 1 aromatic carbocycles. The van der Waals surface area contributed by atoms with E-state index >= 15 is 0 Å². The summed E-state index contributed by atoms with van der Waals surface area (Å²) in [7, 11) is 1.63. The van der Waals surface area contributed by atoms with Crippen LogP contribution in [0.2, 0.25) is 4.34 Å². The van der Waals surface area contributed by atoms with Crippen LogP contribution in [0.25, 0.3) is 0 Å². The Kier molecular flexibility index (Phi) is 5.00. The Morgan fingerprint density at radius 1 is 1.28 bits per heavy atom. The number of hydrogen-bond donors (Lipinski definition) is 0. The molecule has 0 amide bonds. The van der Waals surface area contributed by atoms with Gasteiger partial charge in [0.2, 0.25) is 0 Å². The summed E-state index contributed by atoms with van der Waals surface area (Å²) in [5, 5.41) is -0.276. The summed E-state index contributed by atoms with van der Waals surface area (Å²) in [4.78, 5) is 0.981. The minimum Gasteiger partial charge on any atom is -0.496 e. The lowest BCUT2D eigenvalue weighted by molar-refractivity contribution is 0.410. The quantitative estimate of drug-likeness (QED) is 0.522. The van der Waals surface area contributed by atoms with Gasteiger partial charge in [0.05, 0.1) is 12.5 Å². The molecule has 0 aliphatic heterocycles. The van der Waals surface area contributed by atoms with Gasteiger partial charge in [0, 0.05) is 19.4 Å². The van der Waals surface area contributed by atoms with Crippen molar-refractivity contribution in [2.45, 2.75) is 5.38 Å². The lowest BCUT2D eigenvalue weighted by Crippen LogP contribution is -1.95. The maximum atomic E-state index is 6.49. The third-order valence-corrected chi connectivity index (χ3v) is 6.01. The Morgan fingerprint density at radius 2 is 2.00 bits per heavy atom. The van der Waals surface area contributed by atoms with Crippen molar-refractivity contribution >= 4 is 66.4 Å². The first-order chi connectivity index (χ1) is 8.52. The highest BCUT2D eigenvalue weighted by atomic mass is 79.9. The Morgan fingerprint density at radius 3 is 2.56 bits per heavy atom. The Bertz CT molecular complexity index is 552. The van der Waals surface area contributed by atoms with E-state index in [4.69, 9.17) is 27.9 Å². The molecule has 18 heavy (non-hydrogen) atoms. The first kappa shape index (κ1) is 14.7. The smallest absolute Gasteiger partial charge is 0.125 e. The molecule has 2 aromatic rings. The topological polar surface area (TPSA) is 9.23 Å². The van der Waals surface area contributed by atoms with E-state index < -0.39 is 0 Å². The average molecular weight is 431 g/mol. The Labute approximate surface area is 136 Å². The van der Waals surface area contributed by atoms with Gasteiger partial charge in [0.15, 0.2) is 0 Å². The largest absolute Gasteiger partial charge is 0.496 e. The molecule has 0 saturated heterocycles. The van der Waals surface area contributed by atoms with Crippen molar-refractivity contribution in [3.63, 3.8) is 0 Å². The highest BCUT2D eigenvalue weighted by Crippen LogP contribution is 2.43. The van der Waals surface area contributed by atoms with Gasteiger partial charge in [-0.1, -0.05) is 33.6 Å². The molecule has 0 radical (unpaired) electrons. The molecule has 0 spiro atoms. The van der Waals surface area contributed by atoms with Gasteiger partial charge in [-0.15, -0.1) is 22.9 Å². The summed E-state index contributed by atoms with van der Waals surface area (Å²) in [5.74, 6) is 0.755. The van der Waals surface area contributed by atoms with E-state index in [1.165, 1.54) is 11.3 Å². The molecule has 0 N–H and O–H groups in total. The molecule has 1 nitrogen and oxygen atoms in total. The minimum atomic E-state index is -0.276. The van der Waals surface area contributed by atoms with E-state index in [0.717, 1.165) is 25.1 Å². The van der Waals surface area contributed by atoms with Crippen LogP contribution in [0.4, 0.5) is 0 Å². The second-order valence-corrected chi connectivity index (χ2v) is 7.41.